The molecule has 100 valence electrons. The Morgan fingerprint density at radius 3 is 2.78 bits per heavy atom. The van der Waals surface area contributed by atoms with Gasteiger partial charge < -0.3 is 4.90 Å². The predicted molar refractivity (Wildman–Crippen MR) is 68.9 cm³/mol. The fourth-order valence-corrected chi connectivity index (χ4v) is 1.74. The van der Waals surface area contributed by atoms with E-state index in [1.54, 1.807) is 12.1 Å². The van der Waals surface area contributed by atoms with Crippen molar-refractivity contribution >= 4 is 5.91 Å². The highest BCUT2D eigenvalue weighted by molar-refractivity contribution is 5.75. The summed E-state index contributed by atoms with van der Waals surface area (Å²) in [6, 6.07) is 6.77. The molecule has 0 aliphatic rings. The Morgan fingerprint density at radius 1 is 1.39 bits per heavy atom. The van der Waals surface area contributed by atoms with Crippen molar-refractivity contribution < 1.29 is 9.18 Å². The molecule has 0 aliphatic heterocycles. The van der Waals surface area contributed by atoms with E-state index in [-0.39, 0.29) is 11.7 Å². The maximum atomic E-state index is 13.4. The Kier molecular flexibility index (Phi) is 6.32. The lowest BCUT2D eigenvalue weighted by Gasteiger charge is -2.16. The number of nitrogens with zero attached hydrogens (tertiary/aromatic N) is 1. The van der Waals surface area contributed by atoms with Crippen LogP contribution in [0.1, 0.15) is 24.8 Å². The standard InChI is InChI=1S/C13H20FN3O/c1-17(9-5-4-8-13(18)16-15)10-11-6-2-3-7-12(11)14/h2-3,6-7H,4-5,8-10,15H2,1H3,(H,16,18). The first-order valence-corrected chi connectivity index (χ1v) is 6.05. The minimum atomic E-state index is -0.174. The summed E-state index contributed by atoms with van der Waals surface area (Å²) < 4.78 is 13.4. The molecule has 1 aromatic carbocycles. The SMILES string of the molecule is CN(CCCCC(=O)NN)Cc1ccccc1F. The van der Waals surface area contributed by atoms with Gasteiger partial charge in [-0.25, -0.2) is 10.2 Å². The molecule has 3 N–H and O–H groups in total. The Morgan fingerprint density at radius 2 is 2.11 bits per heavy atom. The molecule has 0 unspecified atom stereocenters. The average Bonchev–Trinajstić information content (AvgIpc) is 2.37. The van der Waals surface area contributed by atoms with E-state index in [0.717, 1.165) is 19.4 Å². The normalized spacial score (nSPS) is 10.7. The van der Waals surface area contributed by atoms with Gasteiger partial charge in [0.05, 0.1) is 0 Å². The fraction of sp³-hybridized carbons (Fsp3) is 0.462. The number of hydrogen-bond donors (Lipinski definition) is 2. The summed E-state index contributed by atoms with van der Waals surface area (Å²) in [4.78, 5) is 12.9. The number of hydrazine groups is 1. The van der Waals surface area contributed by atoms with E-state index < -0.39 is 0 Å². The number of halogens is 1. The molecule has 0 radical (unpaired) electrons. The average molecular weight is 253 g/mol. The molecule has 0 saturated heterocycles. The fourth-order valence-electron chi connectivity index (χ4n) is 1.74. The molecule has 0 saturated carbocycles. The zero-order valence-corrected chi connectivity index (χ0v) is 10.7. The molecule has 1 aromatic rings. The number of amides is 1. The van der Waals surface area contributed by atoms with Crippen molar-refractivity contribution in [1.82, 2.24) is 10.3 Å². The summed E-state index contributed by atoms with van der Waals surface area (Å²) in [6.07, 6.45) is 2.10. The number of benzene rings is 1. The molecular formula is C13H20FN3O. The number of rotatable bonds is 7. The number of nitrogens with one attached hydrogen (secondary N) is 1. The van der Waals surface area contributed by atoms with Crippen LogP contribution < -0.4 is 11.3 Å². The first kappa shape index (κ1) is 14.6. The number of carbonyl (C=O) groups excluding carboxylic acids is 1. The van der Waals surface area contributed by atoms with E-state index in [4.69, 9.17) is 5.84 Å². The van der Waals surface area contributed by atoms with Crippen molar-refractivity contribution in [2.24, 2.45) is 5.84 Å². The minimum absolute atomic E-state index is 0.147. The van der Waals surface area contributed by atoms with Crippen LogP contribution in [0.15, 0.2) is 24.3 Å². The number of unbranched alkanes of at least 4 members (excludes halogenated alkanes) is 1. The molecule has 1 rings (SSSR count). The van der Waals surface area contributed by atoms with Crippen molar-refractivity contribution in [2.45, 2.75) is 25.8 Å². The van der Waals surface area contributed by atoms with Gasteiger partial charge in [-0.2, -0.15) is 0 Å². The molecule has 0 heterocycles. The molecule has 0 aliphatic carbocycles. The highest BCUT2D eigenvalue weighted by atomic mass is 19.1. The Hall–Kier alpha value is -1.46. The maximum absolute atomic E-state index is 13.4. The summed E-state index contributed by atoms with van der Waals surface area (Å²) in [5, 5.41) is 0. The highest BCUT2D eigenvalue weighted by Crippen LogP contribution is 2.09. The van der Waals surface area contributed by atoms with E-state index in [1.807, 2.05) is 18.0 Å². The van der Waals surface area contributed by atoms with E-state index >= 15 is 0 Å². The van der Waals surface area contributed by atoms with Gasteiger partial charge in [-0.05, 0) is 32.5 Å². The van der Waals surface area contributed by atoms with Crippen LogP contribution in [0.4, 0.5) is 4.39 Å². The molecule has 0 fully saturated rings. The smallest absolute Gasteiger partial charge is 0.233 e. The lowest BCUT2D eigenvalue weighted by Crippen LogP contribution is -2.29. The van der Waals surface area contributed by atoms with Crippen molar-refractivity contribution in [1.29, 1.82) is 0 Å². The van der Waals surface area contributed by atoms with Crippen LogP contribution in [0.3, 0.4) is 0 Å². The third-order valence-electron chi connectivity index (χ3n) is 2.75. The predicted octanol–water partition coefficient (Wildman–Crippen LogP) is 1.42. The van der Waals surface area contributed by atoms with Gasteiger partial charge in [0, 0.05) is 18.5 Å². The van der Waals surface area contributed by atoms with Crippen LogP contribution in [-0.4, -0.2) is 24.4 Å². The van der Waals surface area contributed by atoms with Crippen LogP contribution in [0.25, 0.3) is 0 Å². The van der Waals surface area contributed by atoms with Crippen molar-refractivity contribution in [3.05, 3.63) is 35.6 Å². The van der Waals surface area contributed by atoms with Gasteiger partial charge in [-0.3, -0.25) is 10.2 Å². The zero-order valence-electron chi connectivity index (χ0n) is 10.7. The first-order valence-electron chi connectivity index (χ1n) is 6.05. The molecule has 18 heavy (non-hydrogen) atoms. The van der Waals surface area contributed by atoms with Gasteiger partial charge >= 0.3 is 0 Å². The molecule has 0 atom stereocenters. The summed E-state index contributed by atoms with van der Waals surface area (Å²) in [6.45, 7) is 1.40. The summed E-state index contributed by atoms with van der Waals surface area (Å²) in [5.41, 5.74) is 2.79. The van der Waals surface area contributed by atoms with Crippen LogP contribution in [0.2, 0.25) is 0 Å². The van der Waals surface area contributed by atoms with Crippen LogP contribution in [-0.2, 0) is 11.3 Å². The van der Waals surface area contributed by atoms with Crippen molar-refractivity contribution in [2.75, 3.05) is 13.6 Å². The molecule has 1 amide bonds. The second-order valence-corrected chi connectivity index (χ2v) is 4.35. The molecule has 5 heteroatoms. The zero-order chi connectivity index (χ0) is 13.4. The van der Waals surface area contributed by atoms with Gasteiger partial charge in [0.15, 0.2) is 0 Å². The summed E-state index contributed by atoms with van der Waals surface area (Å²) >= 11 is 0. The minimum Gasteiger partial charge on any atom is -0.302 e. The van der Waals surface area contributed by atoms with Gasteiger partial charge in [-0.1, -0.05) is 18.2 Å². The summed E-state index contributed by atoms with van der Waals surface area (Å²) in [7, 11) is 1.94. The summed E-state index contributed by atoms with van der Waals surface area (Å²) in [5.74, 6) is 4.66. The van der Waals surface area contributed by atoms with Gasteiger partial charge in [0.2, 0.25) is 5.91 Å². The second kappa shape index (κ2) is 7.79. The van der Waals surface area contributed by atoms with Crippen LogP contribution in [0.5, 0.6) is 0 Å². The largest absolute Gasteiger partial charge is 0.302 e. The molecule has 0 bridgehead atoms. The third-order valence-corrected chi connectivity index (χ3v) is 2.75. The molecule has 4 nitrogen and oxygen atoms in total. The van der Waals surface area contributed by atoms with Crippen LogP contribution in [0, 0.1) is 5.82 Å². The van der Waals surface area contributed by atoms with Crippen molar-refractivity contribution in [3.63, 3.8) is 0 Å². The molecule has 0 spiro atoms. The number of nitrogens with two attached hydrogens (primary N) is 1. The topological polar surface area (TPSA) is 58.4 Å². The Balaban J connectivity index is 2.24. The van der Waals surface area contributed by atoms with Gasteiger partial charge in [0.1, 0.15) is 5.82 Å². The van der Waals surface area contributed by atoms with Crippen molar-refractivity contribution in [3.8, 4) is 0 Å². The molecular weight excluding hydrogens is 233 g/mol. The quantitative estimate of drug-likeness (QED) is 0.334. The second-order valence-electron chi connectivity index (χ2n) is 4.35. The van der Waals surface area contributed by atoms with Crippen LogP contribution >= 0.6 is 0 Å². The van der Waals surface area contributed by atoms with E-state index in [9.17, 15) is 9.18 Å². The third kappa shape index (κ3) is 5.25. The van der Waals surface area contributed by atoms with E-state index in [0.29, 0.717) is 18.5 Å². The van der Waals surface area contributed by atoms with Gasteiger partial charge in [-0.15, -0.1) is 0 Å². The lowest BCUT2D eigenvalue weighted by atomic mass is 10.2. The number of carbonyl (C=O) groups is 1. The first-order chi connectivity index (χ1) is 8.63. The number of hydrogen-bond acceptors (Lipinski definition) is 3. The van der Waals surface area contributed by atoms with E-state index in [1.165, 1.54) is 6.07 Å². The highest BCUT2D eigenvalue weighted by Gasteiger charge is 2.05. The Labute approximate surface area is 107 Å². The maximum Gasteiger partial charge on any atom is 0.233 e. The monoisotopic (exact) mass is 253 g/mol. The molecule has 0 aromatic heterocycles. The van der Waals surface area contributed by atoms with E-state index in [2.05, 4.69) is 5.43 Å². The van der Waals surface area contributed by atoms with Gasteiger partial charge in [0.25, 0.3) is 0 Å². The Bertz CT molecular complexity index is 384. The lowest BCUT2D eigenvalue weighted by molar-refractivity contribution is -0.121.